The first-order valence-corrected chi connectivity index (χ1v) is 4.40. The quantitative estimate of drug-likeness (QED) is 0.466. The smallest absolute Gasteiger partial charge is 0.340 e. The van der Waals surface area contributed by atoms with Crippen LogP contribution >= 0.6 is 12.6 Å². The first kappa shape index (κ1) is 11.3. The summed E-state index contributed by atoms with van der Waals surface area (Å²) in [5, 5.41) is 8.85. The molecule has 0 saturated carbocycles. The molecule has 0 aliphatic rings. The van der Waals surface area contributed by atoms with E-state index in [9.17, 15) is 9.59 Å². The summed E-state index contributed by atoms with van der Waals surface area (Å²) in [6.07, 6.45) is 0.512. The van der Waals surface area contributed by atoms with Gasteiger partial charge in [0.2, 0.25) is 0 Å². The van der Waals surface area contributed by atoms with E-state index in [0.717, 1.165) is 0 Å². The number of hydrogen-bond acceptors (Lipinski definition) is 5. The molecular formula is C10H7NO3S. The fraction of sp³-hybridized carbons (Fsp3) is 0.100. The highest BCUT2D eigenvalue weighted by molar-refractivity contribution is 7.80. The number of methoxy groups -OCH3 is 1. The van der Waals surface area contributed by atoms with Crippen molar-refractivity contribution in [3.63, 3.8) is 0 Å². The molecule has 0 heterocycles. The average Bonchev–Trinajstić information content (AvgIpc) is 2.27. The molecule has 0 bridgehead atoms. The van der Waals surface area contributed by atoms with Crippen LogP contribution in [0.1, 0.15) is 26.3 Å². The van der Waals surface area contributed by atoms with Crippen LogP contribution < -0.4 is 0 Å². The third kappa shape index (κ3) is 2.00. The Bertz CT molecular complexity index is 462. The van der Waals surface area contributed by atoms with Gasteiger partial charge in [0, 0.05) is 10.5 Å². The molecule has 4 nitrogen and oxygen atoms in total. The second-order valence-corrected chi connectivity index (χ2v) is 3.13. The zero-order valence-electron chi connectivity index (χ0n) is 7.85. The molecule has 1 aromatic rings. The van der Waals surface area contributed by atoms with Crippen LogP contribution in [0.15, 0.2) is 17.0 Å². The molecule has 0 N–H and O–H groups in total. The van der Waals surface area contributed by atoms with Crippen molar-refractivity contribution in [3.05, 3.63) is 28.8 Å². The molecule has 0 amide bonds. The van der Waals surface area contributed by atoms with Gasteiger partial charge in [0.05, 0.1) is 18.2 Å². The van der Waals surface area contributed by atoms with Gasteiger partial charge in [0.15, 0.2) is 6.29 Å². The van der Waals surface area contributed by atoms with Crippen molar-refractivity contribution >= 4 is 24.9 Å². The SMILES string of the molecule is COC(=O)c1c(S)ccc(C=O)c1C#N. The summed E-state index contributed by atoms with van der Waals surface area (Å²) in [4.78, 5) is 22.3. The van der Waals surface area contributed by atoms with E-state index in [4.69, 9.17) is 5.26 Å². The minimum Gasteiger partial charge on any atom is -0.465 e. The molecule has 0 radical (unpaired) electrons. The predicted molar refractivity (Wildman–Crippen MR) is 55.1 cm³/mol. The Balaban J connectivity index is 3.54. The molecule has 15 heavy (non-hydrogen) atoms. The Morgan fingerprint density at radius 1 is 1.60 bits per heavy atom. The van der Waals surface area contributed by atoms with Gasteiger partial charge in [-0.3, -0.25) is 4.79 Å². The molecule has 0 aliphatic carbocycles. The van der Waals surface area contributed by atoms with Crippen LogP contribution in [0.25, 0.3) is 0 Å². The van der Waals surface area contributed by atoms with Gasteiger partial charge < -0.3 is 4.74 Å². The van der Waals surface area contributed by atoms with Crippen molar-refractivity contribution in [2.75, 3.05) is 7.11 Å². The normalized spacial score (nSPS) is 9.13. The summed E-state index contributed by atoms with van der Waals surface area (Å²) in [6, 6.07) is 4.69. The lowest BCUT2D eigenvalue weighted by Gasteiger charge is -2.06. The van der Waals surface area contributed by atoms with Crippen LogP contribution in [0.5, 0.6) is 0 Å². The number of aldehydes is 1. The maximum Gasteiger partial charge on any atom is 0.340 e. The molecule has 0 aliphatic heterocycles. The standard InChI is InChI=1S/C10H7NO3S/c1-14-10(13)9-7(4-11)6(5-12)2-3-8(9)15/h2-3,5,15H,1H3. The Kier molecular flexibility index (Phi) is 3.47. The largest absolute Gasteiger partial charge is 0.465 e. The summed E-state index contributed by atoms with van der Waals surface area (Å²) in [5.41, 5.74) is 0.160. The number of esters is 1. The Morgan fingerprint density at radius 2 is 2.27 bits per heavy atom. The van der Waals surface area contributed by atoms with Crippen molar-refractivity contribution in [2.45, 2.75) is 4.90 Å². The molecule has 0 fully saturated rings. The minimum absolute atomic E-state index is 0.00986. The summed E-state index contributed by atoms with van der Waals surface area (Å²) >= 11 is 4.03. The number of carbonyl (C=O) groups excluding carboxylic acids is 2. The van der Waals surface area contributed by atoms with Crippen molar-refractivity contribution in [2.24, 2.45) is 0 Å². The summed E-state index contributed by atoms with van der Waals surface area (Å²) in [5.74, 6) is -0.680. The summed E-state index contributed by atoms with van der Waals surface area (Å²) in [7, 11) is 1.20. The molecule has 0 saturated heterocycles. The molecule has 0 unspecified atom stereocenters. The first-order chi connectivity index (χ1) is 7.15. The van der Waals surface area contributed by atoms with Gasteiger partial charge in [-0.1, -0.05) is 0 Å². The number of rotatable bonds is 2. The molecule has 0 aromatic heterocycles. The summed E-state index contributed by atoms with van der Waals surface area (Å²) in [6.45, 7) is 0. The van der Waals surface area contributed by atoms with Crippen molar-refractivity contribution < 1.29 is 14.3 Å². The summed E-state index contributed by atoms with van der Waals surface area (Å²) < 4.78 is 4.50. The van der Waals surface area contributed by atoms with Gasteiger partial charge in [-0.2, -0.15) is 5.26 Å². The molecule has 1 aromatic carbocycles. The lowest BCUT2D eigenvalue weighted by Crippen LogP contribution is -2.07. The van der Waals surface area contributed by atoms with Crippen LogP contribution in [0.2, 0.25) is 0 Å². The molecule has 1 rings (SSSR count). The van der Waals surface area contributed by atoms with E-state index in [2.05, 4.69) is 17.4 Å². The van der Waals surface area contributed by atoms with Crippen molar-refractivity contribution in [3.8, 4) is 6.07 Å². The minimum atomic E-state index is -0.680. The lowest BCUT2D eigenvalue weighted by atomic mass is 10.0. The second-order valence-electron chi connectivity index (χ2n) is 2.65. The topological polar surface area (TPSA) is 67.2 Å². The van der Waals surface area contributed by atoms with Gasteiger partial charge in [0.1, 0.15) is 6.07 Å². The Morgan fingerprint density at radius 3 is 2.73 bits per heavy atom. The van der Waals surface area contributed by atoms with Crippen molar-refractivity contribution in [1.82, 2.24) is 0 Å². The fourth-order valence-electron chi connectivity index (χ4n) is 1.14. The van der Waals surface area contributed by atoms with Crippen LogP contribution in [0, 0.1) is 11.3 Å². The number of carbonyl (C=O) groups is 2. The number of ether oxygens (including phenoxy) is 1. The maximum atomic E-state index is 11.3. The molecule has 0 atom stereocenters. The molecule has 76 valence electrons. The van der Waals surface area contributed by atoms with Crippen molar-refractivity contribution in [1.29, 1.82) is 5.26 Å². The molecule has 0 spiro atoms. The number of nitriles is 1. The highest BCUT2D eigenvalue weighted by Crippen LogP contribution is 2.21. The van der Waals surface area contributed by atoms with E-state index in [-0.39, 0.29) is 16.7 Å². The highest BCUT2D eigenvalue weighted by atomic mass is 32.1. The van der Waals surface area contributed by atoms with E-state index in [1.807, 2.05) is 0 Å². The zero-order valence-corrected chi connectivity index (χ0v) is 8.75. The van der Waals surface area contributed by atoms with Gasteiger partial charge in [-0.15, -0.1) is 12.6 Å². The predicted octanol–water partition coefficient (Wildman–Crippen LogP) is 1.45. The van der Waals surface area contributed by atoms with Crippen LogP contribution in [-0.2, 0) is 4.74 Å². The number of nitrogens with zero attached hydrogens (tertiary/aromatic N) is 1. The van der Waals surface area contributed by atoms with Crippen LogP contribution in [-0.4, -0.2) is 19.4 Å². The highest BCUT2D eigenvalue weighted by Gasteiger charge is 2.18. The Labute approximate surface area is 91.9 Å². The van der Waals surface area contributed by atoms with E-state index in [1.165, 1.54) is 19.2 Å². The van der Waals surface area contributed by atoms with Gasteiger partial charge in [-0.25, -0.2) is 4.79 Å². The van der Waals surface area contributed by atoms with E-state index < -0.39 is 5.97 Å². The Hall–Kier alpha value is -1.80. The van der Waals surface area contributed by atoms with Crippen LogP contribution in [0.3, 0.4) is 0 Å². The van der Waals surface area contributed by atoms with E-state index >= 15 is 0 Å². The van der Waals surface area contributed by atoms with Gasteiger partial charge >= 0.3 is 5.97 Å². The third-order valence-electron chi connectivity index (χ3n) is 1.84. The third-order valence-corrected chi connectivity index (χ3v) is 2.22. The molecule has 5 heteroatoms. The average molecular weight is 221 g/mol. The molecular weight excluding hydrogens is 214 g/mol. The maximum absolute atomic E-state index is 11.3. The monoisotopic (exact) mass is 221 g/mol. The van der Waals surface area contributed by atoms with E-state index in [0.29, 0.717) is 11.2 Å². The lowest BCUT2D eigenvalue weighted by molar-refractivity contribution is 0.0596. The number of benzene rings is 1. The number of thiol groups is 1. The second kappa shape index (κ2) is 4.62. The number of hydrogen-bond donors (Lipinski definition) is 1. The van der Waals surface area contributed by atoms with Gasteiger partial charge in [-0.05, 0) is 12.1 Å². The van der Waals surface area contributed by atoms with Crippen LogP contribution in [0.4, 0.5) is 0 Å². The first-order valence-electron chi connectivity index (χ1n) is 3.95. The zero-order chi connectivity index (χ0) is 11.4. The fourth-order valence-corrected chi connectivity index (χ4v) is 1.41. The van der Waals surface area contributed by atoms with Gasteiger partial charge in [0.25, 0.3) is 0 Å². The van der Waals surface area contributed by atoms with E-state index in [1.54, 1.807) is 6.07 Å².